The van der Waals surface area contributed by atoms with Crippen molar-refractivity contribution in [3.63, 3.8) is 0 Å². The van der Waals surface area contributed by atoms with Crippen molar-refractivity contribution >= 4 is 23.1 Å². The van der Waals surface area contributed by atoms with Crippen LogP contribution in [0.4, 0.5) is 15.9 Å². The molecule has 0 atom stereocenters. The Bertz CT molecular complexity index is 572. The molecule has 0 spiro atoms. The number of aromatic nitrogens is 1. The number of nitrogens with zero attached hydrogens (tertiary/aromatic N) is 2. The fourth-order valence-electron chi connectivity index (χ4n) is 2.01. The smallest absolute Gasteiger partial charge is 0.170 e. The molecule has 0 aliphatic carbocycles. The zero-order chi connectivity index (χ0) is 13.8. The predicted molar refractivity (Wildman–Crippen MR) is 77.6 cm³/mol. The largest absolute Gasteiger partial charge is 0.324 e. The Balaban J connectivity index is 2.48. The summed E-state index contributed by atoms with van der Waals surface area (Å²) in [5.41, 5.74) is 2.53. The molecular weight excluding hydrogens is 263 g/mol. The van der Waals surface area contributed by atoms with Gasteiger partial charge in [-0.1, -0.05) is 12.1 Å². The zero-order valence-corrected chi connectivity index (χ0v) is 11.8. The van der Waals surface area contributed by atoms with Crippen LogP contribution >= 0.6 is 11.6 Å². The summed E-state index contributed by atoms with van der Waals surface area (Å²) < 4.78 is 14.3. The van der Waals surface area contributed by atoms with Gasteiger partial charge in [-0.25, -0.2) is 9.37 Å². The SMILES string of the molecule is CCN(c1cccc(C)c1)c1nccc(CCl)c1F. The van der Waals surface area contributed by atoms with Gasteiger partial charge in [-0.05, 0) is 37.6 Å². The Kier molecular flexibility index (Phi) is 4.38. The minimum Gasteiger partial charge on any atom is -0.324 e. The van der Waals surface area contributed by atoms with E-state index in [1.165, 1.54) is 0 Å². The average molecular weight is 279 g/mol. The Hall–Kier alpha value is -1.61. The van der Waals surface area contributed by atoms with Crippen molar-refractivity contribution in [1.82, 2.24) is 4.98 Å². The number of halogens is 2. The standard InChI is InChI=1S/C15H16ClFN2/c1-3-19(13-6-4-5-11(2)9-13)15-14(17)12(10-16)7-8-18-15/h4-9H,3,10H2,1-2H3. The lowest BCUT2D eigenvalue weighted by Crippen LogP contribution is -2.19. The molecule has 0 saturated carbocycles. The second-order valence-corrected chi connectivity index (χ2v) is 4.59. The van der Waals surface area contributed by atoms with Crippen LogP contribution in [0.15, 0.2) is 36.5 Å². The van der Waals surface area contributed by atoms with Crippen LogP contribution in [0.5, 0.6) is 0 Å². The fraction of sp³-hybridized carbons (Fsp3) is 0.267. The summed E-state index contributed by atoms with van der Waals surface area (Å²) in [5.74, 6) is 0.124. The van der Waals surface area contributed by atoms with Crippen molar-refractivity contribution < 1.29 is 4.39 Å². The van der Waals surface area contributed by atoms with Gasteiger partial charge in [0.05, 0.1) is 5.88 Å². The molecule has 2 rings (SSSR count). The second-order valence-electron chi connectivity index (χ2n) is 4.32. The summed E-state index contributed by atoms with van der Waals surface area (Å²) >= 11 is 5.74. The van der Waals surface area contributed by atoms with E-state index in [9.17, 15) is 4.39 Å². The van der Waals surface area contributed by atoms with E-state index >= 15 is 0 Å². The van der Waals surface area contributed by atoms with E-state index in [-0.39, 0.29) is 11.7 Å². The Morgan fingerprint density at radius 3 is 2.74 bits per heavy atom. The molecule has 1 aromatic heterocycles. The summed E-state index contributed by atoms with van der Waals surface area (Å²) in [5, 5.41) is 0. The molecule has 0 aliphatic heterocycles. The van der Waals surface area contributed by atoms with Crippen LogP contribution < -0.4 is 4.90 Å². The first kappa shape index (κ1) is 13.8. The van der Waals surface area contributed by atoms with Gasteiger partial charge in [-0.3, -0.25) is 0 Å². The van der Waals surface area contributed by atoms with E-state index in [1.54, 1.807) is 12.3 Å². The van der Waals surface area contributed by atoms with Gasteiger partial charge in [-0.2, -0.15) is 0 Å². The fourth-order valence-corrected chi connectivity index (χ4v) is 2.22. The summed E-state index contributed by atoms with van der Waals surface area (Å²) in [6.07, 6.45) is 1.59. The molecule has 2 nitrogen and oxygen atoms in total. The van der Waals surface area contributed by atoms with E-state index < -0.39 is 0 Å². The van der Waals surface area contributed by atoms with Crippen LogP contribution in [0, 0.1) is 12.7 Å². The predicted octanol–water partition coefficient (Wildman–Crippen LogP) is 4.43. The number of rotatable bonds is 4. The van der Waals surface area contributed by atoms with E-state index in [1.807, 2.05) is 43.0 Å². The van der Waals surface area contributed by atoms with Crippen molar-refractivity contribution in [2.75, 3.05) is 11.4 Å². The number of benzene rings is 1. The normalized spacial score (nSPS) is 10.5. The maximum absolute atomic E-state index is 14.3. The maximum atomic E-state index is 14.3. The van der Waals surface area contributed by atoms with Gasteiger partial charge in [0.25, 0.3) is 0 Å². The van der Waals surface area contributed by atoms with Gasteiger partial charge in [0.15, 0.2) is 11.6 Å². The second kappa shape index (κ2) is 6.02. The molecule has 1 aromatic carbocycles. The summed E-state index contributed by atoms with van der Waals surface area (Å²) in [6.45, 7) is 4.62. The van der Waals surface area contributed by atoms with Crippen molar-refractivity contribution in [3.05, 3.63) is 53.5 Å². The zero-order valence-electron chi connectivity index (χ0n) is 11.0. The van der Waals surface area contributed by atoms with Crippen LogP contribution in [0.25, 0.3) is 0 Å². The molecule has 0 unspecified atom stereocenters. The van der Waals surface area contributed by atoms with Gasteiger partial charge in [0.1, 0.15) is 0 Å². The van der Waals surface area contributed by atoms with Crippen molar-refractivity contribution in [1.29, 1.82) is 0 Å². The lowest BCUT2D eigenvalue weighted by Gasteiger charge is -2.23. The minimum atomic E-state index is -0.346. The van der Waals surface area contributed by atoms with Crippen LogP contribution in [0.2, 0.25) is 0 Å². The van der Waals surface area contributed by atoms with Gasteiger partial charge in [0, 0.05) is 24.0 Å². The van der Waals surface area contributed by atoms with Gasteiger partial charge < -0.3 is 4.90 Å². The maximum Gasteiger partial charge on any atom is 0.170 e. The first-order chi connectivity index (χ1) is 9.17. The molecule has 4 heteroatoms. The number of anilines is 2. The number of pyridine rings is 1. The van der Waals surface area contributed by atoms with E-state index in [0.29, 0.717) is 17.9 Å². The minimum absolute atomic E-state index is 0.146. The number of alkyl halides is 1. The molecule has 0 aliphatic rings. The molecule has 1 heterocycles. The lowest BCUT2D eigenvalue weighted by atomic mass is 10.2. The molecule has 0 fully saturated rings. The van der Waals surface area contributed by atoms with Crippen LogP contribution in [-0.2, 0) is 5.88 Å². The molecule has 2 aromatic rings. The number of hydrogen-bond acceptors (Lipinski definition) is 2. The summed E-state index contributed by atoms with van der Waals surface area (Å²) in [6, 6.07) is 9.53. The molecule has 0 amide bonds. The highest BCUT2D eigenvalue weighted by Gasteiger charge is 2.16. The van der Waals surface area contributed by atoms with Gasteiger partial charge >= 0.3 is 0 Å². The van der Waals surface area contributed by atoms with Gasteiger partial charge in [-0.15, -0.1) is 11.6 Å². The Morgan fingerprint density at radius 1 is 1.32 bits per heavy atom. The first-order valence-corrected chi connectivity index (χ1v) is 6.74. The molecular formula is C15H16ClFN2. The average Bonchev–Trinajstić information content (AvgIpc) is 2.41. The van der Waals surface area contributed by atoms with E-state index in [0.717, 1.165) is 11.3 Å². The third kappa shape index (κ3) is 2.87. The molecule has 0 radical (unpaired) electrons. The molecule has 0 bridgehead atoms. The topological polar surface area (TPSA) is 16.1 Å². The van der Waals surface area contributed by atoms with Gasteiger partial charge in [0.2, 0.25) is 0 Å². The Morgan fingerprint density at radius 2 is 2.11 bits per heavy atom. The highest BCUT2D eigenvalue weighted by atomic mass is 35.5. The van der Waals surface area contributed by atoms with Crippen LogP contribution in [0.3, 0.4) is 0 Å². The highest BCUT2D eigenvalue weighted by molar-refractivity contribution is 6.17. The van der Waals surface area contributed by atoms with E-state index in [4.69, 9.17) is 11.6 Å². The molecule has 100 valence electrons. The van der Waals surface area contributed by atoms with Crippen molar-refractivity contribution in [2.45, 2.75) is 19.7 Å². The van der Waals surface area contributed by atoms with E-state index in [2.05, 4.69) is 4.98 Å². The number of hydrogen-bond donors (Lipinski definition) is 0. The van der Waals surface area contributed by atoms with Crippen molar-refractivity contribution in [2.24, 2.45) is 0 Å². The van der Waals surface area contributed by atoms with Crippen LogP contribution in [-0.4, -0.2) is 11.5 Å². The Labute approximate surface area is 117 Å². The lowest BCUT2D eigenvalue weighted by molar-refractivity contribution is 0.608. The summed E-state index contributed by atoms with van der Waals surface area (Å²) in [7, 11) is 0. The van der Waals surface area contributed by atoms with Crippen molar-refractivity contribution in [3.8, 4) is 0 Å². The number of aryl methyl sites for hydroxylation is 1. The first-order valence-electron chi connectivity index (χ1n) is 6.21. The summed E-state index contributed by atoms with van der Waals surface area (Å²) in [4.78, 5) is 6.00. The third-order valence-electron chi connectivity index (χ3n) is 2.98. The molecule has 19 heavy (non-hydrogen) atoms. The quantitative estimate of drug-likeness (QED) is 0.769. The third-order valence-corrected chi connectivity index (χ3v) is 3.27. The monoisotopic (exact) mass is 278 g/mol. The molecule has 0 saturated heterocycles. The van der Waals surface area contributed by atoms with Crippen LogP contribution in [0.1, 0.15) is 18.1 Å². The highest BCUT2D eigenvalue weighted by Crippen LogP contribution is 2.28. The molecule has 0 N–H and O–H groups in total.